The van der Waals surface area contributed by atoms with Gasteiger partial charge in [-0.3, -0.25) is 0 Å². The number of aliphatic hydroxyl groups excluding tert-OH is 1. The third kappa shape index (κ3) is 5.32. The number of nitrogens with one attached hydrogen (secondary N) is 1. The second kappa shape index (κ2) is 7.27. The van der Waals surface area contributed by atoms with Crippen LogP contribution in [0.3, 0.4) is 0 Å². The van der Waals surface area contributed by atoms with Crippen molar-refractivity contribution >= 4 is 19.9 Å². The van der Waals surface area contributed by atoms with Gasteiger partial charge < -0.3 is 9.84 Å². The first-order valence-electron chi connectivity index (χ1n) is 5.86. The van der Waals surface area contributed by atoms with Crippen LogP contribution in [-0.2, 0) is 24.6 Å². The fraction of sp³-hybridized carbons (Fsp3) is 0.455. The molecule has 0 spiro atoms. The van der Waals surface area contributed by atoms with Gasteiger partial charge in [0.15, 0.2) is 9.84 Å². The van der Waals surface area contributed by atoms with E-state index >= 15 is 0 Å². The van der Waals surface area contributed by atoms with Gasteiger partial charge in [0.05, 0.1) is 24.7 Å². The highest BCUT2D eigenvalue weighted by atomic mass is 32.2. The zero-order valence-corrected chi connectivity index (χ0v) is 12.9. The molecule has 0 amide bonds. The van der Waals surface area contributed by atoms with Gasteiger partial charge in [-0.15, -0.1) is 0 Å². The Morgan fingerprint density at radius 3 is 2.48 bits per heavy atom. The Bertz CT molecular complexity index is 687. The molecule has 0 aliphatic carbocycles. The predicted molar refractivity (Wildman–Crippen MR) is 72.6 cm³/mol. The van der Waals surface area contributed by atoms with Crippen LogP contribution in [0.4, 0.5) is 4.39 Å². The smallest absolute Gasteiger partial charge is 0.243 e. The number of sulfonamides is 1. The maximum Gasteiger partial charge on any atom is 0.243 e. The summed E-state index contributed by atoms with van der Waals surface area (Å²) in [6, 6.07) is 2.54. The quantitative estimate of drug-likeness (QED) is 0.488. The molecule has 1 aromatic rings. The van der Waals surface area contributed by atoms with E-state index in [1.807, 2.05) is 0 Å². The van der Waals surface area contributed by atoms with Gasteiger partial charge in [0.25, 0.3) is 0 Å². The summed E-state index contributed by atoms with van der Waals surface area (Å²) in [7, 11) is -7.84. The minimum Gasteiger partial charge on any atom is -0.394 e. The molecule has 0 saturated heterocycles. The molecular weight excluding hydrogens is 325 g/mol. The Morgan fingerprint density at radius 1 is 1.24 bits per heavy atom. The minimum atomic E-state index is -4.19. The van der Waals surface area contributed by atoms with Crippen molar-refractivity contribution in [2.75, 3.05) is 32.6 Å². The van der Waals surface area contributed by atoms with Crippen LogP contribution in [0.15, 0.2) is 28.0 Å². The molecule has 0 aliphatic rings. The molecule has 0 bridgehead atoms. The summed E-state index contributed by atoms with van der Waals surface area (Å²) in [6.45, 7) is -0.282. The number of hydrogen-bond acceptors (Lipinski definition) is 6. The summed E-state index contributed by atoms with van der Waals surface area (Å²) in [5, 5.41) is 8.48. The Morgan fingerprint density at radius 2 is 1.90 bits per heavy atom. The second-order valence-corrected chi connectivity index (χ2v) is 7.85. The van der Waals surface area contributed by atoms with Gasteiger partial charge in [0.2, 0.25) is 10.0 Å². The zero-order valence-electron chi connectivity index (χ0n) is 11.2. The second-order valence-electron chi connectivity index (χ2n) is 4.10. The van der Waals surface area contributed by atoms with Crippen molar-refractivity contribution in [1.29, 1.82) is 0 Å². The summed E-state index contributed by atoms with van der Waals surface area (Å²) in [4.78, 5) is -1.03. The number of rotatable bonds is 8. The maximum atomic E-state index is 13.6. The van der Waals surface area contributed by atoms with Crippen LogP contribution >= 0.6 is 0 Å². The van der Waals surface area contributed by atoms with Gasteiger partial charge in [-0.05, 0) is 18.2 Å². The molecule has 0 unspecified atom stereocenters. The van der Waals surface area contributed by atoms with E-state index in [4.69, 9.17) is 9.84 Å². The van der Waals surface area contributed by atoms with Crippen molar-refractivity contribution < 1.29 is 31.1 Å². The molecule has 0 aliphatic heterocycles. The van der Waals surface area contributed by atoms with E-state index < -0.39 is 30.6 Å². The average Bonchev–Trinajstić information content (AvgIpc) is 2.37. The van der Waals surface area contributed by atoms with E-state index in [2.05, 4.69) is 4.72 Å². The third-order valence-corrected chi connectivity index (χ3v) is 4.98. The first-order valence-corrected chi connectivity index (χ1v) is 9.24. The molecule has 7 nitrogen and oxygen atoms in total. The summed E-state index contributed by atoms with van der Waals surface area (Å²) in [6.07, 6.45) is 0.896. The van der Waals surface area contributed by atoms with Gasteiger partial charge in [-0.1, -0.05) is 0 Å². The molecule has 120 valence electrons. The van der Waals surface area contributed by atoms with Crippen molar-refractivity contribution in [1.82, 2.24) is 4.72 Å². The number of benzene rings is 1. The van der Waals surface area contributed by atoms with E-state index in [1.54, 1.807) is 0 Å². The lowest BCUT2D eigenvalue weighted by atomic mass is 10.3. The zero-order chi connectivity index (χ0) is 16.1. The fourth-order valence-electron chi connectivity index (χ4n) is 1.41. The lowest BCUT2D eigenvalue weighted by Crippen LogP contribution is -2.28. The number of halogens is 1. The highest BCUT2D eigenvalue weighted by molar-refractivity contribution is 7.91. The number of hydrogen-bond donors (Lipinski definition) is 2. The van der Waals surface area contributed by atoms with Crippen molar-refractivity contribution in [3.8, 4) is 0 Å². The molecule has 0 radical (unpaired) electrons. The van der Waals surface area contributed by atoms with Gasteiger partial charge in [-0.25, -0.2) is 25.9 Å². The summed E-state index contributed by atoms with van der Waals surface area (Å²) in [5.41, 5.74) is 0. The standard InChI is InChI=1S/C11H16FNO6S2/c1-20(15,16)9-2-3-10(12)11(8-9)21(17,18)13-4-6-19-7-5-14/h2-3,8,13-14H,4-7H2,1H3. The Labute approximate surface area is 122 Å². The third-order valence-electron chi connectivity index (χ3n) is 2.39. The molecule has 0 atom stereocenters. The Kier molecular flexibility index (Phi) is 6.23. The molecule has 21 heavy (non-hydrogen) atoms. The topological polar surface area (TPSA) is 110 Å². The summed E-state index contributed by atoms with van der Waals surface area (Å²) >= 11 is 0. The normalized spacial score (nSPS) is 12.5. The van der Waals surface area contributed by atoms with Crippen LogP contribution in [0, 0.1) is 5.82 Å². The lowest BCUT2D eigenvalue weighted by Gasteiger charge is -2.09. The van der Waals surface area contributed by atoms with Gasteiger partial charge in [0, 0.05) is 12.8 Å². The summed E-state index contributed by atoms with van der Waals surface area (Å²) in [5.74, 6) is -1.05. The van der Waals surface area contributed by atoms with Crippen LogP contribution in [0.5, 0.6) is 0 Å². The van der Waals surface area contributed by atoms with E-state index in [-0.39, 0.29) is 31.3 Å². The number of sulfone groups is 1. The molecule has 1 rings (SSSR count). The first kappa shape index (κ1) is 18.0. The van der Waals surface area contributed by atoms with Crippen LogP contribution in [0.25, 0.3) is 0 Å². The van der Waals surface area contributed by atoms with Crippen molar-refractivity contribution in [2.45, 2.75) is 9.79 Å². The van der Waals surface area contributed by atoms with E-state index in [9.17, 15) is 21.2 Å². The summed E-state index contributed by atoms with van der Waals surface area (Å²) < 4.78 is 67.1. The first-order chi connectivity index (χ1) is 9.68. The van der Waals surface area contributed by atoms with E-state index in [1.165, 1.54) is 0 Å². The Hall–Kier alpha value is -1.07. The average molecular weight is 341 g/mol. The van der Waals surface area contributed by atoms with Gasteiger partial charge in [-0.2, -0.15) is 0 Å². The monoisotopic (exact) mass is 341 g/mol. The van der Waals surface area contributed by atoms with Crippen molar-refractivity contribution in [2.24, 2.45) is 0 Å². The van der Waals surface area contributed by atoms with Crippen LogP contribution < -0.4 is 4.72 Å². The van der Waals surface area contributed by atoms with Gasteiger partial charge >= 0.3 is 0 Å². The maximum absolute atomic E-state index is 13.6. The van der Waals surface area contributed by atoms with Crippen LogP contribution in [-0.4, -0.2) is 54.6 Å². The number of aliphatic hydroxyl groups is 1. The minimum absolute atomic E-state index is 0.00677. The molecular formula is C11H16FNO6S2. The Balaban J connectivity index is 2.92. The fourth-order valence-corrected chi connectivity index (χ4v) is 3.25. The van der Waals surface area contributed by atoms with E-state index in [0.29, 0.717) is 0 Å². The molecule has 0 aromatic heterocycles. The molecule has 0 saturated carbocycles. The number of ether oxygens (including phenoxy) is 1. The highest BCUT2D eigenvalue weighted by Crippen LogP contribution is 2.19. The van der Waals surface area contributed by atoms with Crippen molar-refractivity contribution in [3.63, 3.8) is 0 Å². The SMILES string of the molecule is CS(=O)(=O)c1ccc(F)c(S(=O)(=O)NCCOCCO)c1. The molecule has 0 heterocycles. The molecule has 10 heteroatoms. The molecule has 2 N–H and O–H groups in total. The van der Waals surface area contributed by atoms with E-state index in [0.717, 1.165) is 24.5 Å². The van der Waals surface area contributed by atoms with Crippen LogP contribution in [0.2, 0.25) is 0 Å². The predicted octanol–water partition coefficient (Wildman–Crippen LogP) is -0.484. The largest absolute Gasteiger partial charge is 0.394 e. The highest BCUT2D eigenvalue weighted by Gasteiger charge is 2.21. The molecule has 0 fully saturated rings. The van der Waals surface area contributed by atoms with Gasteiger partial charge in [0.1, 0.15) is 10.7 Å². The lowest BCUT2D eigenvalue weighted by molar-refractivity contribution is 0.0961. The molecule has 1 aromatic carbocycles. The van der Waals surface area contributed by atoms with Crippen molar-refractivity contribution in [3.05, 3.63) is 24.0 Å². The van der Waals surface area contributed by atoms with Crippen LogP contribution in [0.1, 0.15) is 0 Å².